The molecule has 6 heteroatoms. The Morgan fingerprint density at radius 3 is 2.45 bits per heavy atom. The Morgan fingerprint density at radius 1 is 1.07 bits per heavy atom. The second-order valence-corrected chi connectivity index (χ2v) is 6.24. The molecule has 0 atom stereocenters. The van der Waals surface area contributed by atoms with Crippen molar-refractivity contribution in [2.24, 2.45) is 5.16 Å². The average molecular weight is 397 g/mol. The number of hydrogen-bond acceptors (Lipinski definition) is 6. The molecule has 0 radical (unpaired) electrons. The first kappa shape index (κ1) is 22.0. The molecule has 0 aliphatic heterocycles. The van der Waals surface area contributed by atoms with Gasteiger partial charge in [0.05, 0.1) is 26.2 Å². The van der Waals surface area contributed by atoms with E-state index in [1.54, 1.807) is 0 Å². The zero-order valence-electron chi connectivity index (χ0n) is 17.3. The van der Waals surface area contributed by atoms with Crippen molar-refractivity contribution < 1.29 is 23.8 Å². The van der Waals surface area contributed by atoms with Gasteiger partial charge in [0.15, 0.2) is 0 Å². The molecule has 0 aromatic heterocycles. The number of benzene rings is 2. The summed E-state index contributed by atoms with van der Waals surface area (Å²) in [6, 6.07) is 15.1. The van der Waals surface area contributed by atoms with Crippen molar-refractivity contribution in [3.05, 3.63) is 71.5 Å². The van der Waals surface area contributed by atoms with Crippen molar-refractivity contribution in [3.63, 3.8) is 0 Å². The topological polar surface area (TPSA) is 66.3 Å². The molecule has 29 heavy (non-hydrogen) atoms. The minimum atomic E-state index is -0.469. The maximum absolute atomic E-state index is 12.1. The van der Waals surface area contributed by atoms with E-state index >= 15 is 0 Å². The highest BCUT2D eigenvalue weighted by atomic mass is 16.6. The van der Waals surface area contributed by atoms with Crippen LogP contribution in [0.25, 0.3) is 5.57 Å². The SMILES string of the molecule is CCCO/N=C(\C)c1ccc(OCc2ccccc2/C(=C/OC)C(=O)OC)cc1. The largest absolute Gasteiger partial charge is 0.503 e. The summed E-state index contributed by atoms with van der Waals surface area (Å²) in [6.07, 6.45) is 2.30. The van der Waals surface area contributed by atoms with Crippen molar-refractivity contribution >= 4 is 17.3 Å². The highest BCUT2D eigenvalue weighted by Gasteiger charge is 2.16. The maximum Gasteiger partial charge on any atom is 0.341 e. The first-order chi connectivity index (χ1) is 14.1. The van der Waals surface area contributed by atoms with Gasteiger partial charge in [0.2, 0.25) is 0 Å². The van der Waals surface area contributed by atoms with Gasteiger partial charge in [-0.15, -0.1) is 0 Å². The minimum Gasteiger partial charge on any atom is -0.503 e. The number of nitrogens with zero attached hydrogens (tertiary/aromatic N) is 1. The molecule has 0 amide bonds. The van der Waals surface area contributed by atoms with E-state index in [4.69, 9.17) is 19.0 Å². The molecule has 2 aromatic rings. The smallest absolute Gasteiger partial charge is 0.341 e. The molecular weight excluding hydrogens is 370 g/mol. The Labute approximate surface area is 171 Å². The Bertz CT molecular complexity index is 856. The van der Waals surface area contributed by atoms with Crippen molar-refractivity contribution in [1.82, 2.24) is 0 Å². The summed E-state index contributed by atoms with van der Waals surface area (Å²) in [5, 5.41) is 4.09. The summed E-state index contributed by atoms with van der Waals surface area (Å²) < 4.78 is 15.8. The van der Waals surface area contributed by atoms with Gasteiger partial charge >= 0.3 is 5.97 Å². The van der Waals surface area contributed by atoms with E-state index in [0.29, 0.717) is 30.1 Å². The molecule has 0 fully saturated rings. The predicted molar refractivity (Wildman–Crippen MR) is 113 cm³/mol. The third-order valence-corrected chi connectivity index (χ3v) is 4.11. The van der Waals surface area contributed by atoms with Crippen LogP contribution in [0, 0.1) is 0 Å². The Hall–Kier alpha value is -3.28. The van der Waals surface area contributed by atoms with Crippen LogP contribution in [-0.2, 0) is 25.7 Å². The highest BCUT2D eigenvalue weighted by Crippen LogP contribution is 2.23. The zero-order chi connectivity index (χ0) is 21.1. The molecule has 0 N–H and O–H groups in total. The predicted octanol–water partition coefficient (Wildman–Crippen LogP) is 4.58. The van der Waals surface area contributed by atoms with Gasteiger partial charge in [0.1, 0.15) is 24.5 Å². The number of hydrogen-bond donors (Lipinski definition) is 0. The molecule has 2 rings (SSSR count). The fourth-order valence-electron chi connectivity index (χ4n) is 2.60. The van der Waals surface area contributed by atoms with Crippen LogP contribution in [0.4, 0.5) is 0 Å². The standard InChI is InChI=1S/C23H27NO5/c1-5-14-29-24-17(2)18-10-12-20(13-11-18)28-15-19-8-6-7-9-21(19)22(16-26-3)23(25)27-4/h6-13,16H,5,14-15H2,1-4H3/b22-16-,24-17+. The van der Waals surface area contributed by atoms with E-state index in [1.807, 2.05) is 62.4 Å². The lowest BCUT2D eigenvalue weighted by atomic mass is 10.0. The molecule has 0 saturated heterocycles. The van der Waals surface area contributed by atoms with Crippen LogP contribution >= 0.6 is 0 Å². The van der Waals surface area contributed by atoms with Crippen molar-refractivity contribution in [2.75, 3.05) is 20.8 Å². The number of oxime groups is 1. The molecule has 0 aliphatic rings. The molecule has 0 saturated carbocycles. The molecule has 6 nitrogen and oxygen atoms in total. The molecule has 154 valence electrons. The van der Waals surface area contributed by atoms with Crippen LogP contribution in [0.5, 0.6) is 5.75 Å². The van der Waals surface area contributed by atoms with Crippen LogP contribution in [0.3, 0.4) is 0 Å². The fraction of sp³-hybridized carbons (Fsp3) is 0.304. The van der Waals surface area contributed by atoms with E-state index < -0.39 is 5.97 Å². The molecule has 0 aliphatic carbocycles. The van der Waals surface area contributed by atoms with Gasteiger partial charge in [-0.1, -0.05) is 36.3 Å². The average Bonchev–Trinajstić information content (AvgIpc) is 2.76. The molecule has 0 heterocycles. The molecular formula is C23H27NO5. The van der Waals surface area contributed by atoms with E-state index in [0.717, 1.165) is 23.3 Å². The number of carbonyl (C=O) groups excluding carboxylic acids is 1. The number of esters is 1. The summed E-state index contributed by atoms with van der Waals surface area (Å²) in [6.45, 7) is 4.83. The zero-order valence-corrected chi connectivity index (χ0v) is 17.3. The van der Waals surface area contributed by atoms with Crippen molar-refractivity contribution in [1.29, 1.82) is 0 Å². The first-order valence-corrected chi connectivity index (χ1v) is 9.40. The normalized spacial score (nSPS) is 11.7. The van der Waals surface area contributed by atoms with Gasteiger partial charge in [0.25, 0.3) is 0 Å². The van der Waals surface area contributed by atoms with Gasteiger partial charge < -0.3 is 19.0 Å². The maximum atomic E-state index is 12.1. The summed E-state index contributed by atoms with van der Waals surface area (Å²) in [5.74, 6) is 0.241. The lowest BCUT2D eigenvalue weighted by molar-refractivity contribution is -0.133. The third-order valence-electron chi connectivity index (χ3n) is 4.11. The van der Waals surface area contributed by atoms with Gasteiger partial charge in [0, 0.05) is 0 Å². The monoisotopic (exact) mass is 397 g/mol. The number of methoxy groups -OCH3 is 2. The molecule has 0 bridgehead atoms. The molecule has 0 unspecified atom stereocenters. The van der Waals surface area contributed by atoms with Crippen LogP contribution in [-0.4, -0.2) is 32.5 Å². The Balaban J connectivity index is 2.12. The summed E-state index contributed by atoms with van der Waals surface area (Å²) >= 11 is 0. The van der Waals surface area contributed by atoms with Gasteiger partial charge in [-0.25, -0.2) is 4.79 Å². The van der Waals surface area contributed by atoms with E-state index in [1.165, 1.54) is 20.5 Å². The van der Waals surface area contributed by atoms with Gasteiger partial charge in [-0.2, -0.15) is 0 Å². The highest BCUT2D eigenvalue weighted by molar-refractivity contribution is 6.16. The number of carbonyl (C=O) groups is 1. The van der Waals surface area contributed by atoms with Crippen LogP contribution in [0.1, 0.15) is 37.0 Å². The Morgan fingerprint density at radius 2 is 1.79 bits per heavy atom. The van der Waals surface area contributed by atoms with Crippen LogP contribution < -0.4 is 4.74 Å². The van der Waals surface area contributed by atoms with E-state index in [-0.39, 0.29) is 0 Å². The first-order valence-electron chi connectivity index (χ1n) is 9.40. The lowest BCUT2D eigenvalue weighted by Crippen LogP contribution is -2.08. The lowest BCUT2D eigenvalue weighted by Gasteiger charge is -2.13. The van der Waals surface area contributed by atoms with Gasteiger partial charge in [-0.05, 0) is 54.3 Å². The van der Waals surface area contributed by atoms with E-state index in [2.05, 4.69) is 5.16 Å². The second-order valence-electron chi connectivity index (χ2n) is 6.24. The fourth-order valence-corrected chi connectivity index (χ4v) is 2.60. The van der Waals surface area contributed by atoms with Crippen molar-refractivity contribution in [3.8, 4) is 5.75 Å². The minimum absolute atomic E-state index is 0.292. The summed E-state index contributed by atoms with van der Waals surface area (Å²) in [5.41, 5.74) is 3.65. The second kappa shape index (κ2) is 11.5. The quantitative estimate of drug-likeness (QED) is 0.147. The molecule has 0 spiro atoms. The number of ether oxygens (including phenoxy) is 3. The van der Waals surface area contributed by atoms with Gasteiger partial charge in [-0.3, -0.25) is 0 Å². The van der Waals surface area contributed by atoms with Crippen LogP contribution in [0.15, 0.2) is 59.9 Å². The number of rotatable bonds is 10. The van der Waals surface area contributed by atoms with Crippen molar-refractivity contribution in [2.45, 2.75) is 26.9 Å². The van der Waals surface area contributed by atoms with E-state index in [9.17, 15) is 4.79 Å². The van der Waals surface area contributed by atoms with Crippen LogP contribution in [0.2, 0.25) is 0 Å². The summed E-state index contributed by atoms with van der Waals surface area (Å²) in [7, 11) is 2.83. The Kier molecular flexibility index (Phi) is 8.76. The molecule has 2 aromatic carbocycles. The third kappa shape index (κ3) is 6.38. The summed E-state index contributed by atoms with van der Waals surface area (Å²) in [4.78, 5) is 17.3.